The minimum Gasteiger partial charge on any atom is -0.351 e. The lowest BCUT2D eigenvalue weighted by Gasteiger charge is -2.26. The Bertz CT molecular complexity index is 691. The van der Waals surface area contributed by atoms with Gasteiger partial charge in [-0.3, -0.25) is 9.59 Å². The van der Waals surface area contributed by atoms with Crippen molar-refractivity contribution in [3.63, 3.8) is 0 Å². The number of primary amides is 1. The van der Waals surface area contributed by atoms with Crippen molar-refractivity contribution in [1.82, 2.24) is 10.2 Å². The predicted octanol–water partition coefficient (Wildman–Crippen LogP) is 1.91. The number of carbonyl (C=O) groups excluding carboxylic acids is 3. The molecule has 7 nitrogen and oxygen atoms in total. The maximum atomic E-state index is 12.6. The summed E-state index contributed by atoms with van der Waals surface area (Å²) in [5.41, 5.74) is 6.16. The fourth-order valence-corrected chi connectivity index (χ4v) is 2.84. The molecule has 1 aromatic carbocycles. The summed E-state index contributed by atoms with van der Waals surface area (Å²) in [7, 11) is 0. The number of nitrogens with two attached hydrogens (primary N) is 1. The molecule has 10 heteroatoms. The van der Waals surface area contributed by atoms with Crippen LogP contribution in [0.15, 0.2) is 24.3 Å². The van der Waals surface area contributed by atoms with Crippen molar-refractivity contribution >= 4 is 23.5 Å². The van der Waals surface area contributed by atoms with Crippen LogP contribution in [-0.2, 0) is 9.59 Å². The van der Waals surface area contributed by atoms with Gasteiger partial charge < -0.3 is 21.3 Å². The van der Waals surface area contributed by atoms with E-state index in [1.165, 1.54) is 0 Å². The molecule has 1 aliphatic rings. The third-order valence-corrected chi connectivity index (χ3v) is 4.10. The second-order valence-corrected chi connectivity index (χ2v) is 6.00. The summed E-state index contributed by atoms with van der Waals surface area (Å²) < 4.78 is 37.9. The molecule has 26 heavy (non-hydrogen) atoms. The maximum absolute atomic E-state index is 12.6. The van der Waals surface area contributed by atoms with Gasteiger partial charge in [-0.15, -0.1) is 0 Å². The van der Waals surface area contributed by atoms with Crippen molar-refractivity contribution in [3.8, 4) is 0 Å². The lowest BCUT2D eigenvalue weighted by atomic mass is 10.1. The van der Waals surface area contributed by atoms with Gasteiger partial charge in [-0.25, -0.2) is 4.79 Å². The molecular formula is C16H19F3N4O3. The van der Waals surface area contributed by atoms with Crippen molar-refractivity contribution in [1.29, 1.82) is 0 Å². The second-order valence-electron chi connectivity index (χ2n) is 6.00. The topological polar surface area (TPSA) is 105 Å². The van der Waals surface area contributed by atoms with Crippen molar-refractivity contribution in [3.05, 3.63) is 29.8 Å². The maximum Gasteiger partial charge on any atom is 0.471 e. The first kappa shape index (κ1) is 19.5. The molecule has 1 aliphatic heterocycles. The van der Waals surface area contributed by atoms with Crippen LogP contribution >= 0.6 is 0 Å². The number of amides is 4. The Morgan fingerprint density at radius 1 is 1.23 bits per heavy atom. The number of hydrogen-bond acceptors (Lipinski definition) is 3. The van der Waals surface area contributed by atoms with Crippen molar-refractivity contribution in [2.75, 3.05) is 11.9 Å². The van der Waals surface area contributed by atoms with Crippen LogP contribution in [0, 0.1) is 0 Å². The Labute approximate surface area is 147 Å². The molecule has 0 aliphatic carbocycles. The number of anilines is 1. The predicted molar refractivity (Wildman–Crippen MR) is 87.0 cm³/mol. The molecule has 4 N–H and O–H groups in total. The van der Waals surface area contributed by atoms with E-state index in [0.717, 1.165) is 0 Å². The van der Waals surface area contributed by atoms with Gasteiger partial charge in [0.25, 0.3) is 0 Å². The summed E-state index contributed by atoms with van der Waals surface area (Å²) in [6.07, 6.45) is -4.48. The number of hydrogen-bond donors (Lipinski definition) is 3. The van der Waals surface area contributed by atoms with Gasteiger partial charge in [0.1, 0.15) is 6.04 Å². The van der Waals surface area contributed by atoms with Gasteiger partial charge in [0.2, 0.25) is 5.91 Å². The van der Waals surface area contributed by atoms with E-state index in [9.17, 15) is 27.6 Å². The summed E-state index contributed by atoms with van der Waals surface area (Å²) in [4.78, 5) is 35.1. The number of alkyl halides is 3. The van der Waals surface area contributed by atoms with E-state index in [4.69, 9.17) is 5.73 Å². The molecule has 0 aromatic heterocycles. The molecular weight excluding hydrogens is 353 g/mol. The number of nitrogens with zero attached hydrogens (tertiary/aromatic N) is 1. The summed E-state index contributed by atoms with van der Waals surface area (Å²) in [6, 6.07) is 4.11. The molecule has 1 heterocycles. The van der Waals surface area contributed by atoms with Crippen LogP contribution in [0.25, 0.3) is 0 Å². The zero-order valence-corrected chi connectivity index (χ0v) is 14.0. The van der Waals surface area contributed by atoms with E-state index in [-0.39, 0.29) is 13.0 Å². The molecule has 1 saturated heterocycles. The third kappa shape index (κ3) is 4.64. The van der Waals surface area contributed by atoms with Crippen LogP contribution in [0.4, 0.5) is 23.7 Å². The number of urea groups is 1. The van der Waals surface area contributed by atoms with E-state index in [0.29, 0.717) is 22.6 Å². The molecule has 0 saturated carbocycles. The Kier molecular flexibility index (Phi) is 5.73. The van der Waals surface area contributed by atoms with Gasteiger partial charge in [0, 0.05) is 12.2 Å². The van der Waals surface area contributed by atoms with Gasteiger partial charge >= 0.3 is 18.1 Å². The highest BCUT2D eigenvalue weighted by Gasteiger charge is 2.47. The first-order valence-corrected chi connectivity index (χ1v) is 7.94. The van der Waals surface area contributed by atoms with E-state index >= 15 is 0 Å². The standard InChI is InChI=1S/C16H19F3N4O3/c1-9(10-4-6-11(7-5-10)22-15(20)26)21-13(24)12-3-2-8-23(12)14(25)16(17,18)19/h4-7,9,12H,2-3,8H2,1H3,(H,21,24)(H3,20,22,26)/t9-,12+/m0/s1. The van der Waals surface area contributed by atoms with Gasteiger partial charge in [0.15, 0.2) is 0 Å². The van der Waals surface area contributed by atoms with Crippen molar-refractivity contribution in [2.45, 2.75) is 38.0 Å². The van der Waals surface area contributed by atoms with Crippen LogP contribution in [0.3, 0.4) is 0 Å². The van der Waals surface area contributed by atoms with Gasteiger partial charge in [-0.05, 0) is 37.5 Å². The molecule has 1 fully saturated rings. The highest BCUT2D eigenvalue weighted by atomic mass is 19.4. The van der Waals surface area contributed by atoms with E-state index in [1.54, 1.807) is 31.2 Å². The van der Waals surface area contributed by atoms with Crippen LogP contribution in [-0.4, -0.2) is 41.5 Å². The SMILES string of the molecule is C[C@H](NC(=O)[C@H]1CCCN1C(=O)C(F)(F)F)c1ccc(NC(N)=O)cc1. The van der Waals surface area contributed by atoms with Crippen molar-refractivity contribution < 1.29 is 27.6 Å². The number of halogens is 3. The molecule has 2 rings (SSSR count). The zero-order chi connectivity index (χ0) is 19.5. The van der Waals surface area contributed by atoms with Crippen LogP contribution in [0.1, 0.15) is 31.4 Å². The minimum absolute atomic E-state index is 0.0989. The van der Waals surface area contributed by atoms with Gasteiger partial charge in [-0.2, -0.15) is 13.2 Å². The average molecular weight is 372 g/mol. The summed E-state index contributed by atoms with van der Waals surface area (Å²) in [6.45, 7) is 1.57. The molecule has 142 valence electrons. The first-order valence-electron chi connectivity index (χ1n) is 7.94. The molecule has 0 bridgehead atoms. The zero-order valence-electron chi connectivity index (χ0n) is 14.0. The Morgan fingerprint density at radius 3 is 2.38 bits per heavy atom. The lowest BCUT2D eigenvalue weighted by molar-refractivity contribution is -0.186. The molecule has 2 atom stereocenters. The molecule has 0 radical (unpaired) electrons. The summed E-state index contributed by atoms with van der Waals surface area (Å²) >= 11 is 0. The number of benzene rings is 1. The fraction of sp³-hybridized carbons (Fsp3) is 0.438. The third-order valence-electron chi connectivity index (χ3n) is 4.10. The minimum atomic E-state index is -5.00. The fourth-order valence-electron chi connectivity index (χ4n) is 2.84. The molecule has 1 aromatic rings. The smallest absolute Gasteiger partial charge is 0.351 e. The quantitative estimate of drug-likeness (QED) is 0.752. The molecule has 0 unspecified atom stereocenters. The Morgan fingerprint density at radius 2 is 1.85 bits per heavy atom. The van der Waals surface area contributed by atoms with Gasteiger partial charge in [0.05, 0.1) is 6.04 Å². The van der Waals surface area contributed by atoms with Crippen molar-refractivity contribution in [2.24, 2.45) is 5.73 Å². The van der Waals surface area contributed by atoms with E-state index in [2.05, 4.69) is 10.6 Å². The molecule has 0 spiro atoms. The number of nitrogens with one attached hydrogen (secondary N) is 2. The first-order chi connectivity index (χ1) is 12.1. The van der Waals surface area contributed by atoms with Crippen LogP contribution < -0.4 is 16.4 Å². The highest BCUT2D eigenvalue weighted by Crippen LogP contribution is 2.26. The monoisotopic (exact) mass is 372 g/mol. The number of likely N-dealkylation sites (tertiary alicyclic amines) is 1. The number of carbonyl (C=O) groups is 3. The Hall–Kier alpha value is -2.78. The second kappa shape index (κ2) is 7.63. The largest absolute Gasteiger partial charge is 0.471 e. The average Bonchev–Trinajstić information content (AvgIpc) is 3.02. The lowest BCUT2D eigenvalue weighted by Crippen LogP contribution is -2.50. The van der Waals surface area contributed by atoms with E-state index in [1.807, 2.05) is 0 Å². The van der Waals surface area contributed by atoms with E-state index < -0.39 is 36.1 Å². The summed E-state index contributed by atoms with van der Waals surface area (Å²) in [5, 5.41) is 5.01. The Balaban J connectivity index is 2.02. The van der Waals surface area contributed by atoms with Crippen LogP contribution in [0.2, 0.25) is 0 Å². The summed E-state index contributed by atoms with van der Waals surface area (Å²) in [5.74, 6) is -2.63. The normalized spacial score (nSPS) is 18.3. The number of rotatable bonds is 4. The van der Waals surface area contributed by atoms with Gasteiger partial charge in [-0.1, -0.05) is 12.1 Å². The highest BCUT2D eigenvalue weighted by molar-refractivity contribution is 5.90. The molecule has 4 amide bonds. The van der Waals surface area contributed by atoms with Crippen LogP contribution in [0.5, 0.6) is 0 Å².